The van der Waals surface area contributed by atoms with E-state index in [0.29, 0.717) is 29.5 Å². The van der Waals surface area contributed by atoms with E-state index in [1.54, 1.807) is 12.1 Å². The Hall–Kier alpha value is -3.08. The molecule has 4 rings (SSSR count). The van der Waals surface area contributed by atoms with Crippen LogP contribution in [0.1, 0.15) is 9.67 Å². The molecule has 1 amide bonds. The summed E-state index contributed by atoms with van der Waals surface area (Å²) >= 11 is 1.43. The van der Waals surface area contributed by atoms with Crippen molar-refractivity contribution in [2.24, 2.45) is 0 Å². The Balaban J connectivity index is 1.63. The Labute approximate surface area is 197 Å². The highest BCUT2D eigenvalue weighted by molar-refractivity contribution is 7.92. The zero-order chi connectivity index (χ0) is 23.4. The van der Waals surface area contributed by atoms with Gasteiger partial charge in [0.25, 0.3) is 5.91 Å². The van der Waals surface area contributed by atoms with Crippen LogP contribution in [0.5, 0.6) is 5.75 Å². The van der Waals surface area contributed by atoms with Gasteiger partial charge in [-0.15, -0.1) is 11.3 Å². The molecule has 1 fully saturated rings. The van der Waals surface area contributed by atoms with Gasteiger partial charge < -0.3 is 19.7 Å². The van der Waals surface area contributed by atoms with Crippen LogP contribution < -0.4 is 19.7 Å². The number of hydrogen-bond donors (Lipinski definition) is 2. The number of sulfonamides is 1. The topological polar surface area (TPSA) is 97.0 Å². The molecule has 2 heterocycles. The van der Waals surface area contributed by atoms with E-state index in [9.17, 15) is 13.2 Å². The number of amides is 1. The van der Waals surface area contributed by atoms with E-state index in [4.69, 9.17) is 9.47 Å². The van der Waals surface area contributed by atoms with Crippen LogP contribution in [0.15, 0.2) is 54.6 Å². The molecule has 0 atom stereocenters. The van der Waals surface area contributed by atoms with Crippen molar-refractivity contribution in [2.75, 3.05) is 54.6 Å². The third-order valence-electron chi connectivity index (χ3n) is 5.07. The van der Waals surface area contributed by atoms with Crippen molar-refractivity contribution in [1.82, 2.24) is 0 Å². The van der Waals surface area contributed by atoms with E-state index in [2.05, 4.69) is 14.9 Å². The van der Waals surface area contributed by atoms with Crippen LogP contribution in [-0.2, 0) is 14.8 Å². The molecule has 0 saturated carbocycles. The van der Waals surface area contributed by atoms with Crippen LogP contribution >= 0.6 is 11.3 Å². The molecule has 10 heteroatoms. The fraction of sp³-hybridized carbons (Fsp3) is 0.261. The summed E-state index contributed by atoms with van der Waals surface area (Å²) in [6, 6.07) is 16.7. The van der Waals surface area contributed by atoms with Crippen molar-refractivity contribution in [3.05, 3.63) is 59.5 Å². The van der Waals surface area contributed by atoms with E-state index >= 15 is 0 Å². The van der Waals surface area contributed by atoms with Crippen LogP contribution in [0, 0.1) is 0 Å². The van der Waals surface area contributed by atoms with Gasteiger partial charge in [0.15, 0.2) is 0 Å². The maximum absolute atomic E-state index is 13.1. The summed E-state index contributed by atoms with van der Waals surface area (Å²) in [5.41, 5.74) is 2.75. The first-order chi connectivity index (χ1) is 15.8. The van der Waals surface area contributed by atoms with Crippen LogP contribution in [-0.4, -0.2) is 54.0 Å². The number of methoxy groups -OCH3 is 1. The van der Waals surface area contributed by atoms with Gasteiger partial charge in [-0.3, -0.25) is 9.52 Å². The number of nitrogens with zero attached hydrogens (tertiary/aromatic N) is 1. The summed E-state index contributed by atoms with van der Waals surface area (Å²) in [4.78, 5) is 15.9. The fourth-order valence-corrected chi connectivity index (χ4v) is 5.26. The van der Waals surface area contributed by atoms with Gasteiger partial charge in [-0.2, -0.15) is 0 Å². The van der Waals surface area contributed by atoms with Gasteiger partial charge in [-0.05, 0) is 29.8 Å². The van der Waals surface area contributed by atoms with Crippen molar-refractivity contribution >= 4 is 43.6 Å². The van der Waals surface area contributed by atoms with Crippen LogP contribution in [0.4, 0.5) is 16.4 Å². The van der Waals surface area contributed by atoms with Gasteiger partial charge in [0.1, 0.15) is 5.75 Å². The highest BCUT2D eigenvalue weighted by Crippen LogP contribution is 2.40. The number of benzene rings is 2. The molecule has 8 nitrogen and oxygen atoms in total. The summed E-state index contributed by atoms with van der Waals surface area (Å²) in [5.74, 6) is 0.0858. The number of nitrogens with one attached hydrogen (secondary N) is 2. The second kappa shape index (κ2) is 9.82. The lowest BCUT2D eigenvalue weighted by atomic mass is 10.1. The quantitative estimate of drug-likeness (QED) is 0.525. The number of carbonyl (C=O) groups excluding carboxylic acids is 1. The first-order valence-electron chi connectivity index (χ1n) is 10.3. The molecule has 2 aromatic carbocycles. The van der Waals surface area contributed by atoms with E-state index in [0.717, 1.165) is 35.5 Å². The Morgan fingerprint density at radius 1 is 1.09 bits per heavy atom. The van der Waals surface area contributed by atoms with Gasteiger partial charge in [-0.25, -0.2) is 8.42 Å². The number of anilines is 3. The maximum atomic E-state index is 13.1. The number of hydrogen-bond acceptors (Lipinski definition) is 7. The molecule has 0 bridgehead atoms. The zero-order valence-corrected chi connectivity index (χ0v) is 20.0. The third-order valence-corrected chi connectivity index (χ3v) is 6.86. The summed E-state index contributed by atoms with van der Waals surface area (Å²) in [5, 5.41) is 3.90. The Bertz CT molecular complexity index is 1240. The largest absolute Gasteiger partial charge is 0.495 e. The molecule has 0 radical (unpaired) electrons. The molecule has 0 aliphatic carbocycles. The van der Waals surface area contributed by atoms with Crippen LogP contribution in [0.2, 0.25) is 0 Å². The molecule has 0 spiro atoms. The highest BCUT2D eigenvalue weighted by Gasteiger charge is 2.22. The minimum absolute atomic E-state index is 0.253. The number of morpholine rings is 1. The van der Waals surface area contributed by atoms with Crippen LogP contribution in [0.25, 0.3) is 11.1 Å². The van der Waals surface area contributed by atoms with Crippen molar-refractivity contribution in [3.63, 3.8) is 0 Å². The van der Waals surface area contributed by atoms with Gasteiger partial charge in [0.05, 0.1) is 42.1 Å². The average Bonchev–Trinajstić information content (AvgIpc) is 3.25. The summed E-state index contributed by atoms with van der Waals surface area (Å²) in [6.45, 7) is 2.83. The molecular weight excluding hydrogens is 462 g/mol. The van der Waals surface area contributed by atoms with Gasteiger partial charge in [0, 0.05) is 24.3 Å². The molecule has 3 aromatic rings. The maximum Gasteiger partial charge on any atom is 0.265 e. The minimum atomic E-state index is -3.51. The SMILES string of the molecule is COc1ccc(NC(=O)c2cc(-c3ccccc3)c(N3CCOCC3)s2)cc1NS(C)(=O)=O. The minimum Gasteiger partial charge on any atom is -0.495 e. The summed E-state index contributed by atoms with van der Waals surface area (Å²) in [7, 11) is -2.06. The predicted molar refractivity (Wildman–Crippen MR) is 132 cm³/mol. The van der Waals surface area contributed by atoms with Gasteiger partial charge >= 0.3 is 0 Å². The van der Waals surface area contributed by atoms with Crippen molar-refractivity contribution in [3.8, 4) is 16.9 Å². The molecule has 1 aromatic heterocycles. The molecule has 0 unspecified atom stereocenters. The van der Waals surface area contributed by atoms with E-state index in [-0.39, 0.29) is 11.6 Å². The third kappa shape index (κ3) is 5.65. The zero-order valence-electron chi connectivity index (χ0n) is 18.3. The number of ether oxygens (including phenoxy) is 2. The summed E-state index contributed by atoms with van der Waals surface area (Å²) < 4.78 is 36.5. The van der Waals surface area contributed by atoms with Crippen molar-refractivity contribution < 1.29 is 22.7 Å². The Kier molecular flexibility index (Phi) is 6.87. The van der Waals surface area contributed by atoms with E-state index < -0.39 is 10.0 Å². The molecule has 2 N–H and O–H groups in total. The number of thiophene rings is 1. The van der Waals surface area contributed by atoms with Crippen molar-refractivity contribution in [2.45, 2.75) is 0 Å². The molecule has 1 aliphatic heterocycles. The predicted octanol–water partition coefficient (Wildman–Crippen LogP) is 3.88. The molecule has 33 heavy (non-hydrogen) atoms. The smallest absolute Gasteiger partial charge is 0.265 e. The number of rotatable bonds is 7. The Morgan fingerprint density at radius 2 is 1.82 bits per heavy atom. The second-order valence-electron chi connectivity index (χ2n) is 7.54. The van der Waals surface area contributed by atoms with E-state index in [1.807, 2.05) is 36.4 Å². The second-order valence-corrected chi connectivity index (χ2v) is 10.3. The lowest BCUT2D eigenvalue weighted by Crippen LogP contribution is -2.35. The lowest BCUT2D eigenvalue weighted by Gasteiger charge is -2.28. The van der Waals surface area contributed by atoms with Gasteiger partial charge in [-0.1, -0.05) is 30.3 Å². The van der Waals surface area contributed by atoms with E-state index in [1.165, 1.54) is 24.5 Å². The van der Waals surface area contributed by atoms with Crippen LogP contribution in [0.3, 0.4) is 0 Å². The number of carbonyl (C=O) groups is 1. The normalized spacial score (nSPS) is 14.1. The molecular formula is C23H25N3O5S2. The standard InChI is InChI=1S/C23H25N3O5S2/c1-30-20-9-8-17(14-19(20)25-33(2,28)29)24-22(27)21-15-18(16-6-4-3-5-7-16)23(32-21)26-10-12-31-13-11-26/h3-9,14-15,25H,10-13H2,1-2H3,(H,24,27). The fourth-order valence-electron chi connectivity index (χ4n) is 3.58. The molecule has 1 saturated heterocycles. The Morgan fingerprint density at radius 3 is 2.48 bits per heavy atom. The monoisotopic (exact) mass is 487 g/mol. The first kappa shape index (κ1) is 23.1. The molecule has 174 valence electrons. The lowest BCUT2D eigenvalue weighted by molar-refractivity contribution is 0.103. The molecule has 1 aliphatic rings. The average molecular weight is 488 g/mol. The summed E-state index contributed by atoms with van der Waals surface area (Å²) in [6.07, 6.45) is 1.06. The highest BCUT2D eigenvalue weighted by atomic mass is 32.2. The van der Waals surface area contributed by atoms with Crippen molar-refractivity contribution in [1.29, 1.82) is 0 Å². The first-order valence-corrected chi connectivity index (χ1v) is 13.0. The van der Waals surface area contributed by atoms with Gasteiger partial charge in [0.2, 0.25) is 10.0 Å².